The maximum absolute atomic E-state index is 12.8. The number of nitrogens with one attached hydrogen (secondary N) is 2. The van der Waals surface area contributed by atoms with Gasteiger partial charge in [-0.25, -0.2) is 28.0 Å². The molecule has 0 saturated carbocycles. The molecule has 0 saturated heterocycles. The molecule has 1 aromatic heterocycles. The van der Waals surface area contributed by atoms with Gasteiger partial charge in [-0.2, -0.15) is 0 Å². The average molecular weight is 518 g/mol. The number of imide groups is 1. The van der Waals surface area contributed by atoms with E-state index in [9.17, 15) is 18.0 Å². The lowest BCUT2D eigenvalue weighted by Gasteiger charge is -2.15. The normalized spacial score (nSPS) is 14.1. The van der Waals surface area contributed by atoms with Crippen molar-refractivity contribution in [3.63, 3.8) is 0 Å². The van der Waals surface area contributed by atoms with E-state index in [4.69, 9.17) is 23.2 Å². The highest BCUT2D eigenvalue weighted by Gasteiger charge is 2.39. The molecule has 0 fully saturated rings. The Hall–Kier alpha value is -3.47. The van der Waals surface area contributed by atoms with Crippen molar-refractivity contribution in [2.45, 2.75) is 18.7 Å². The summed E-state index contributed by atoms with van der Waals surface area (Å²) >= 11 is 12.0. The van der Waals surface area contributed by atoms with Crippen LogP contribution < -0.4 is 14.9 Å². The van der Waals surface area contributed by atoms with Gasteiger partial charge in [-0.1, -0.05) is 23.2 Å². The Balaban J connectivity index is 1.52. The van der Waals surface area contributed by atoms with Gasteiger partial charge in [0.25, 0.3) is 21.8 Å². The molecule has 2 amide bonds. The minimum Gasteiger partial charge on any atom is -0.350 e. The molecule has 2 heterocycles. The van der Waals surface area contributed by atoms with Crippen molar-refractivity contribution >= 4 is 62.4 Å². The van der Waals surface area contributed by atoms with E-state index in [-0.39, 0.29) is 21.6 Å². The Kier molecular flexibility index (Phi) is 6.30. The number of amides is 2. The maximum Gasteiger partial charge on any atom is 0.283 e. The van der Waals surface area contributed by atoms with Crippen LogP contribution >= 0.6 is 23.2 Å². The van der Waals surface area contributed by atoms with Crippen molar-refractivity contribution in [3.8, 4) is 0 Å². The van der Waals surface area contributed by atoms with Gasteiger partial charge in [0.15, 0.2) is 0 Å². The largest absolute Gasteiger partial charge is 0.350 e. The first-order valence-electron chi connectivity index (χ1n) is 9.81. The third kappa shape index (κ3) is 4.74. The highest BCUT2D eigenvalue weighted by molar-refractivity contribution is 7.92. The van der Waals surface area contributed by atoms with Gasteiger partial charge in [-0.15, -0.1) is 0 Å². The third-order valence-corrected chi connectivity index (χ3v) is 6.70. The maximum atomic E-state index is 12.8. The Morgan fingerprint density at radius 2 is 1.44 bits per heavy atom. The van der Waals surface area contributed by atoms with Crippen molar-refractivity contribution in [2.24, 2.45) is 0 Å². The van der Waals surface area contributed by atoms with E-state index in [1.54, 1.807) is 32.0 Å². The van der Waals surface area contributed by atoms with Gasteiger partial charge < -0.3 is 5.32 Å². The molecule has 2 aromatic carbocycles. The van der Waals surface area contributed by atoms with Crippen molar-refractivity contribution in [2.75, 3.05) is 14.9 Å². The molecule has 0 unspecified atom stereocenters. The van der Waals surface area contributed by atoms with E-state index in [0.29, 0.717) is 27.8 Å². The SMILES string of the molecule is Cc1cc(C)nc(NS(=O)(=O)c2ccc(NC3=C(Cl)C(=O)N(c4ccc(Cl)cc4)C3=O)cc2)n1. The second-order valence-corrected chi connectivity index (χ2v) is 9.84. The van der Waals surface area contributed by atoms with Crippen LogP contribution in [0.2, 0.25) is 5.02 Å². The zero-order valence-electron chi connectivity index (χ0n) is 17.8. The van der Waals surface area contributed by atoms with Crippen molar-refractivity contribution in [3.05, 3.63) is 81.7 Å². The number of hydrogen-bond acceptors (Lipinski definition) is 7. The molecule has 0 spiro atoms. The Labute approximate surface area is 205 Å². The van der Waals surface area contributed by atoms with E-state index in [1.165, 1.54) is 36.4 Å². The van der Waals surface area contributed by atoms with E-state index in [0.717, 1.165) is 4.90 Å². The molecule has 174 valence electrons. The van der Waals surface area contributed by atoms with Crippen LogP contribution in [0.4, 0.5) is 17.3 Å². The summed E-state index contributed by atoms with van der Waals surface area (Å²) in [4.78, 5) is 34.4. The van der Waals surface area contributed by atoms with Gasteiger partial charge in [-0.3, -0.25) is 9.59 Å². The van der Waals surface area contributed by atoms with E-state index in [1.807, 2.05) is 0 Å². The summed E-state index contributed by atoms with van der Waals surface area (Å²) in [7, 11) is -3.95. The summed E-state index contributed by atoms with van der Waals surface area (Å²) in [6.07, 6.45) is 0. The molecule has 0 bridgehead atoms. The lowest BCUT2D eigenvalue weighted by molar-refractivity contribution is -0.120. The molecule has 0 aliphatic carbocycles. The number of benzene rings is 2. The van der Waals surface area contributed by atoms with Crippen LogP contribution in [0, 0.1) is 13.8 Å². The van der Waals surface area contributed by atoms with Gasteiger partial charge in [0.2, 0.25) is 5.95 Å². The van der Waals surface area contributed by atoms with E-state index < -0.39 is 21.8 Å². The predicted octanol–water partition coefficient (Wildman–Crippen LogP) is 3.98. The summed E-state index contributed by atoms with van der Waals surface area (Å²) in [5.41, 5.74) is 1.79. The standard InChI is InChI=1S/C22H17Cl2N5O4S/c1-12-11-13(2)26-22(25-12)28-34(32,33)17-9-5-15(6-10-17)27-19-18(24)20(30)29(21(19)31)16-7-3-14(23)4-8-16/h3-11,27H,1-2H3,(H,25,26,28). The lowest BCUT2D eigenvalue weighted by atomic mass is 10.3. The summed E-state index contributed by atoms with van der Waals surface area (Å²) in [6, 6.07) is 13.4. The molecule has 0 radical (unpaired) electrons. The van der Waals surface area contributed by atoms with Crippen LogP contribution in [0.15, 0.2) is 70.2 Å². The van der Waals surface area contributed by atoms with Crippen LogP contribution in [0.1, 0.15) is 11.4 Å². The van der Waals surface area contributed by atoms with E-state index >= 15 is 0 Å². The molecular weight excluding hydrogens is 501 g/mol. The Morgan fingerprint density at radius 1 is 0.853 bits per heavy atom. The minimum atomic E-state index is -3.95. The summed E-state index contributed by atoms with van der Waals surface area (Å²) < 4.78 is 27.7. The quantitative estimate of drug-likeness (QED) is 0.474. The van der Waals surface area contributed by atoms with Gasteiger partial charge >= 0.3 is 0 Å². The minimum absolute atomic E-state index is 0.0333. The van der Waals surface area contributed by atoms with Gasteiger partial charge in [0.05, 0.1) is 10.6 Å². The molecule has 2 N–H and O–H groups in total. The highest BCUT2D eigenvalue weighted by Crippen LogP contribution is 2.31. The number of carbonyl (C=O) groups excluding carboxylic acids is 2. The number of rotatable bonds is 6. The number of nitrogens with zero attached hydrogens (tertiary/aromatic N) is 3. The molecule has 34 heavy (non-hydrogen) atoms. The zero-order chi connectivity index (χ0) is 24.6. The van der Waals surface area contributed by atoms with E-state index in [2.05, 4.69) is 20.0 Å². The summed E-state index contributed by atoms with van der Waals surface area (Å²) in [5, 5.41) is 2.96. The van der Waals surface area contributed by atoms with Crippen LogP contribution in [0.3, 0.4) is 0 Å². The first kappa shape index (κ1) is 23.7. The lowest BCUT2D eigenvalue weighted by Crippen LogP contribution is -2.32. The van der Waals surface area contributed by atoms with Crippen LogP contribution in [-0.2, 0) is 19.6 Å². The summed E-state index contributed by atoms with van der Waals surface area (Å²) in [6.45, 7) is 3.46. The fraction of sp³-hybridized carbons (Fsp3) is 0.0909. The van der Waals surface area contributed by atoms with Crippen molar-refractivity contribution < 1.29 is 18.0 Å². The molecular formula is C22H17Cl2N5O4S. The number of anilines is 3. The summed E-state index contributed by atoms with van der Waals surface area (Å²) in [5.74, 6) is -1.37. The number of sulfonamides is 1. The molecule has 1 aliphatic heterocycles. The molecule has 3 aromatic rings. The Morgan fingerprint density at radius 3 is 2.03 bits per heavy atom. The molecule has 9 nitrogen and oxygen atoms in total. The van der Waals surface area contributed by atoms with Gasteiger partial charge in [-0.05, 0) is 68.4 Å². The fourth-order valence-electron chi connectivity index (χ4n) is 3.25. The van der Waals surface area contributed by atoms with Gasteiger partial charge in [0.1, 0.15) is 10.7 Å². The predicted molar refractivity (Wildman–Crippen MR) is 129 cm³/mol. The number of halogens is 2. The number of carbonyl (C=O) groups is 2. The molecule has 0 atom stereocenters. The average Bonchev–Trinajstić information content (AvgIpc) is 2.97. The zero-order valence-corrected chi connectivity index (χ0v) is 20.2. The fourth-order valence-corrected chi connectivity index (χ4v) is 4.53. The first-order chi connectivity index (χ1) is 16.0. The topological polar surface area (TPSA) is 121 Å². The van der Waals surface area contributed by atoms with Crippen molar-refractivity contribution in [1.82, 2.24) is 9.97 Å². The van der Waals surface area contributed by atoms with Crippen molar-refractivity contribution in [1.29, 1.82) is 0 Å². The number of aromatic nitrogens is 2. The number of aryl methyl sites for hydroxylation is 2. The second kappa shape index (κ2) is 9.05. The highest BCUT2D eigenvalue weighted by atomic mass is 35.5. The van der Waals surface area contributed by atoms with Crippen LogP contribution in [0.5, 0.6) is 0 Å². The monoisotopic (exact) mass is 517 g/mol. The molecule has 1 aliphatic rings. The molecule has 12 heteroatoms. The van der Waals surface area contributed by atoms with Crippen LogP contribution in [-0.4, -0.2) is 30.2 Å². The van der Waals surface area contributed by atoms with Gasteiger partial charge in [0, 0.05) is 22.1 Å². The third-order valence-electron chi connectivity index (χ3n) is 4.75. The Bertz CT molecular complexity index is 1420. The van der Waals surface area contributed by atoms with Crippen LogP contribution in [0.25, 0.3) is 0 Å². The molecule has 4 rings (SSSR count). The number of hydrogen-bond donors (Lipinski definition) is 2. The second-order valence-electron chi connectivity index (χ2n) is 7.34. The first-order valence-corrected chi connectivity index (χ1v) is 12.1. The smallest absolute Gasteiger partial charge is 0.283 e.